The van der Waals surface area contributed by atoms with Gasteiger partial charge in [0.15, 0.2) is 0 Å². The van der Waals surface area contributed by atoms with Gasteiger partial charge in [-0.3, -0.25) is 0 Å². The third-order valence-electron chi connectivity index (χ3n) is 2.81. The minimum atomic E-state index is 0.136. The first-order valence-electron chi connectivity index (χ1n) is 6.46. The lowest BCUT2D eigenvalue weighted by molar-refractivity contribution is 0.475. The number of hydrogen-bond acceptors (Lipinski definition) is 2. The van der Waals surface area contributed by atoms with E-state index in [1.165, 1.54) is 38.5 Å². The Morgan fingerprint density at radius 1 is 1.12 bits per heavy atom. The van der Waals surface area contributed by atoms with Gasteiger partial charge in [-0.25, -0.2) is 0 Å². The number of nitrogens with one attached hydrogen (secondary N) is 1. The second-order valence-electron chi connectivity index (χ2n) is 4.36. The van der Waals surface area contributed by atoms with Crippen molar-refractivity contribution in [2.24, 2.45) is 0 Å². The Morgan fingerprint density at radius 2 is 1.82 bits per heavy atom. The summed E-state index contributed by atoms with van der Waals surface area (Å²) in [6, 6.07) is 5.22. The number of phenols is 1. The highest BCUT2D eigenvalue weighted by Gasteiger charge is 1.99. The zero-order valence-electron chi connectivity index (χ0n) is 10.5. The molecular weight excluding hydrogens is 234 g/mol. The highest BCUT2D eigenvalue weighted by Crippen LogP contribution is 2.25. The third-order valence-corrected chi connectivity index (χ3v) is 3.11. The summed E-state index contributed by atoms with van der Waals surface area (Å²) in [5, 5.41) is 13.0. The molecule has 0 spiro atoms. The van der Waals surface area contributed by atoms with Gasteiger partial charge in [0.1, 0.15) is 5.75 Å². The van der Waals surface area contributed by atoms with E-state index in [0.29, 0.717) is 5.02 Å². The van der Waals surface area contributed by atoms with Crippen LogP contribution in [0.15, 0.2) is 18.2 Å². The first-order valence-corrected chi connectivity index (χ1v) is 6.84. The molecule has 0 bridgehead atoms. The SMILES string of the molecule is CCCCCCCCNc1ccc(O)c(Cl)c1. The van der Waals surface area contributed by atoms with E-state index in [-0.39, 0.29) is 5.75 Å². The van der Waals surface area contributed by atoms with Crippen LogP contribution in [-0.4, -0.2) is 11.7 Å². The largest absolute Gasteiger partial charge is 0.506 e. The van der Waals surface area contributed by atoms with Crippen LogP contribution in [0.4, 0.5) is 5.69 Å². The lowest BCUT2D eigenvalue weighted by atomic mass is 10.1. The average molecular weight is 256 g/mol. The quantitative estimate of drug-likeness (QED) is 0.516. The molecule has 2 nitrogen and oxygen atoms in total. The number of phenolic OH excluding ortho intramolecular Hbond substituents is 1. The van der Waals surface area contributed by atoms with Crippen LogP contribution in [0.1, 0.15) is 45.4 Å². The Kier molecular flexibility index (Phi) is 6.87. The van der Waals surface area contributed by atoms with Gasteiger partial charge >= 0.3 is 0 Å². The van der Waals surface area contributed by atoms with Gasteiger partial charge in [-0.05, 0) is 24.6 Å². The van der Waals surface area contributed by atoms with Crippen LogP contribution < -0.4 is 5.32 Å². The van der Waals surface area contributed by atoms with E-state index < -0.39 is 0 Å². The van der Waals surface area contributed by atoms with Crippen LogP contribution in [0.25, 0.3) is 0 Å². The molecule has 0 saturated carbocycles. The van der Waals surface area contributed by atoms with Crippen LogP contribution in [0.3, 0.4) is 0 Å². The fourth-order valence-corrected chi connectivity index (χ4v) is 1.94. The zero-order chi connectivity index (χ0) is 12.5. The highest BCUT2D eigenvalue weighted by atomic mass is 35.5. The molecule has 0 aliphatic heterocycles. The summed E-state index contributed by atoms with van der Waals surface area (Å²) in [6.45, 7) is 3.20. The van der Waals surface area contributed by atoms with Crippen LogP contribution in [0, 0.1) is 0 Å². The normalized spacial score (nSPS) is 10.5. The molecule has 0 amide bonds. The van der Waals surface area contributed by atoms with E-state index >= 15 is 0 Å². The maximum atomic E-state index is 9.28. The molecule has 0 heterocycles. The summed E-state index contributed by atoms with van der Waals surface area (Å²) in [5.74, 6) is 0.136. The summed E-state index contributed by atoms with van der Waals surface area (Å²) in [6.07, 6.45) is 7.78. The molecule has 1 aromatic rings. The number of aromatic hydroxyl groups is 1. The summed E-state index contributed by atoms with van der Waals surface area (Å²) in [4.78, 5) is 0. The van der Waals surface area contributed by atoms with Gasteiger partial charge < -0.3 is 10.4 Å². The predicted octanol–water partition coefficient (Wildman–Crippen LogP) is 4.82. The van der Waals surface area contributed by atoms with E-state index in [0.717, 1.165) is 12.2 Å². The van der Waals surface area contributed by atoms with E-state index in [9.17, 15) is 5.11 Å². The van der Waals surface area contributed by atoms with E-state index in [1.54, 1.807) is 12.1 Å². The van der Waals surface area contributed by atoms with Crippen molar-refractivity contribution in [2.75, 3.05) is 11.9 Å². The minimum Gasteiger partial charge on any atom is -0.506 e. The van der Waals surface area contributed by atoms with Crippen molar-refractivity contribution in [3.63, 3.8) is 0 Å². The van der Waals surface area contributed by atoms with Crippen molar-refractivity contribution in [1.29, 1.82) is 0 Å². The fraction of sp³-hybridized carbons (Fsp3) is 0.571. The van der Waals surface area contributed by atoms with Crippen molar-refractivity contribution in [3.8, 4) is 5.75 Å². The third kappa shape index (κ3) is 5.83. The lowest BCUT2D eigenvalue weighted by Crippen LogP contribution is -2.01. The second kappa shape index (κ2) is 8.24. The molecule has 17 heavy (non-hydrogen) atoms. The molecule has 96 valence electrons. The Morgan fingerprint density at radius 3 is 2.53 bits per heavy atom. The zero-order valence-corrected chi connectivity index (χ0v) is 11.3. The monoisotopic (exact) mass is 255 g/mol. The molecule has 3 heteroatoms. The van der Waals surface area contributed by atoms with E-state index in [2.05, 4.69) is 12.2 Å². The molecular formula is C14H22ClNO. The highest BCUT2D eigenvalue weighted by molar-refractivity contribution is 6.32. The minimum absolute atomic E-state index is 0.136. The number of unbranched alkanes of at least 4 members (excludes halogenated alkanes) is 5. The number of anilines is 1. The molecule has 0 saturated heterocycles. The van der Waals surface area contributed by atoms with Crippen molar-refractivity contribution < 1.29 is 5.11 Å². The Labute approximate surface area is 109 Å². The molecule has 0 aliphatic carbocycles. The van der Waals surface area contributed by atoms with Gasteiger partial charge in [0.05, 0.1) is 5.02 Å². The molecule has 0 aromatic heterocycles. The molecule has 0 fully saturated rings. The predicted molar refractivity (Wildman–Crippen MR) is 75.0 cm³/mol. The number of benzene rings is 1. The molecule has 2 N–H and O–H groups in total. The van der Waals surface area contributed by atoms with E-state index in [4.69, 9.17) is 11.6 Å². The molecule has 1 rings (SSSR count). The van der Waals surface area contributed by atoms with Crippen molar-refractivity contribution in [2.45, 2.75) is 45.4 Å². The Hall–Kier alpha value is -0.890. The average Bonchev–Trinajstić information content (AvgIpc) is 2.32. The van der Waals surface area contributed by atoms with Crippen molar-refractivity contribution in [3.05, 3.63) is 23.2 Å². The van der Waals surface area contributed by atoms with Gasteiger partial charge in [0, 0.05) is 12.2 Å². The van der Waals surface area contributed by atoms with Crippen LogP contribution in [-0.2, 0) is 0 Å². The fourth-order valence-electron chi connectivity index (χ4n) is 1.75. The summed E-state index contributed by atoms with van der Waals surface area (Å²) < 4.78 is 0. The standard InChI is InChI=1S/C14H22ClNO/c1-2-3-4-5-6-7-10-16-12-8-9-14(17)13(15)11-12/h8-9,11,16-17H,2-7,10H2,1H3. The second-order valence-corrected chi connectivity index (χ2v) is 4.77. The van der Waals surface area contributed by atoms with Gasteiger partial charge in [0.2, 0.25) is 0 Å². The summed E-state index contributed by atoms with van der Waals surface area (Å²) in [7, 11) is 0. The van der Waals surface area contributed by atoms with Crippen LogP contribution in [0.2, 0.25) is 5.02 Å². The first-order chi connectivity index (χ1) is 8.24. The van der Waals surface area contributed by atoms with Gasteiger partial charge in [0.25, 0.3) is 0 Å². The Bertz CT molecular complexity index is 328. The summed E-state index contributed by atoms with van der Waals surface area (Å²) in [5.41, 5.74) is 0.973. The molecule has 0 aliphatic rings. The van der Waals surface area contributed by atoms with Gasteiger partial charge in [-0.2, -0.15) is 0 Å². The smallest absolute Gasteiger partial charge is 0.134 e. The molecule has 1 aromatic carbocycles. The van der Waals surface area contributed by atoms with Crippen molar-refractivity contribution >= 4 is 17.3 Å². The maximum absolute atomic E-state index is 9.28. The van der Waals surface area contributed by atoms with Gasteiger partial charge in [-0.1, -0.05) is 50.6 Å². The molecule has 0 radical (unpaired) electrons. The topological polar surface area (TPSA) is 32.3 Å². The number of rotatable bonds is 8. The molecule has 0 atom stereocenters. The first kappa shape index (κ1) is 14.2. The Balaban J connectivity index is 2.11. The maximum Gasteiger partial charge on any atom is 0.134 e. The van der Waals surface area contributed by atoms with Crippen molar-refractivity contribution in [1.82, 2.24) is 0 Å². The van der Waals surface area contributed by atoms with Gasteiger partial charge in [-0.15, -0.1) is 0 Å². The van der Waals surface area contributed by atoms with E-state index in [1.807, 2.05) is 6.07 Å². The van der Waals surface area contributed by atoms with Crippen LogP contribution in [0.5, 0.6) is 5.75 Å². The molecule has 0 unspecified atom stereocenters. The number of halogens is 1. The van der Waals surface area contributed by atoms with Crippen LogP contribution >= 0.6 is 11.6 Å². The lowest BCUT2D eigenvalue weighted by Gasteiger charge is -2.07. The summed E-state index contributed by atoms with van der Waals surface area (Å²) >= 11 is 5.82. The number of hydrogen-bond donors (Lipinski definition) is 2.